The smallest absolute Gasteiger partial charge is 0.162 e. The van der Waals surface area contributed by atoms with E-state index in [-0.39, 0.29) is 5.75 Å². The first-order chi connectivity index (χ1) is 6.72. The van der Waals surface area contributed by atoms with E-state index in [1.54, 1.807) is 18.2 Å². The van der Waals surface area contributed by atoms with Gasteiger partial charge in [-0.2, -0.15) is 0 Å². The maximum Gasteiger partial charge on any atom is 0.162 e. The quantitative estimate of drug-likeness (QED) is 0.716. The van der Waals surface area contributed by atoms with E-state index in [9.17, 15) is 5.11 Å². The number of phenolic OH excluding ortho intramolecular Hbond substituents is 1. The fraction of sp³-hybridized carbons (Fsp3) is 0.273. The molecule has 0 bridgehead atoms. The zero-order valence-electron chi connectivity index (χ0n) is 8.29. The zero-order chi connectivity index (χ0) is 10.1. The van der Waals surface area contributed by atoms with Gasteiger partial charge >= 0.3 is 0 Å². The lowest BCUT2D eigenvalue weighted by Crippen LogP contribution is -2.22. The van der Waals surface area contributed by atoms with Crippen LogP contribution in [-0.4, -0.2) is 5.11 Å². The highest BCUT2D eigenvalue weighted by molar-refractivity contribution is 5.73. The second-order valence-electron chi connectivity index (χ2n) is 3.34. The Hall–Kier alpha value is -1.64. The summed E-state index contributed by atoms with van der Waals surface area (Å²) < 4.78 is 0. The molecule has 0 amide bonds. The fourth-order valence-corrected chi connectivity index (χ4v) is 1.59. The number of allylic oxidation sites excluding steroid dienone is 2. The maximum atomic E-state index is 9.37. The van der Waals surface area contributed by atoms with Crippen molar-refractivity contribution in [2.75, 3.05) is 0 Å². The van der Waals surface area contributed by atoms with Gasteiger partial charge in [-0.1, -0.05) is 6.92 Å². The molecule has 0 saturated heterocycles. The summed E-state index contributed by atoms with van der Waals surface area (Å²) in [6.45, 7) is 4.08. The van der Waals surface area contributed by atoms with Gasteiger partial charge in [-0.3, -0.25) is 0 Å². The molecule has 0 fully saturated rings. The zero-order valence-corrected chi connectivity index (χ0v) is 8.29. The van der Waals surface area contributed by atoms with Crippen molar-refractivity contribution in [2.24, 2.45) is 0 Å². The van der Waals surface area contributed by atoms with E-state index in [2.05, 4.69) is 12.4 Å². The average Bonchev–Trinajstić information content (AvgIpc) is 2.20. The Bertz CT molecular complexity index is 396. The number of hydroxylamine groups is 1. The van der Waals surface area contributed by atoms with Crippen molar-refractivity contribution >= 4 is 5.57 Å². The van der Waals surface area contributed by atoms with Crippen LogP contribution in [0.3, 0.4) is 0 Å². The molecule has 0 atom stereocenters. The van der Waals surface area contributed by atoms with Gasteiger partial charge in [0, 0.05) is 5.56 Å². The van der Waals surface area contributed by atoms with E-state index < -0.39 is 0 Å². The average molecular weight is 191 g/mol. The van der Waals surface area contributed by atoms with E-state index in [0.29, 0.717) is 0 Å². The van der Waals surface area contributed by atoms with Crippen LogP contribution in [0.15, 0.2) is 23.9 Å². The molecule has 0 aliphatic carbocycles. The summed E-state index contributed by atoms with van der Waals surface area (Å²) in [5.41, 5.74) is 6.04. The number of nitrogens with one attached hydrogen (secondary N) is 1. The Labute approximate surface area is 83.0 Å². The van der Waals surface area contributed by atoms with Crippen LogP contribution in [0.5, 0.6) is 11.5 Å². The van der Waals surface area contributed by atoms with Gasteiger partial charge in [-0.05, 0) is 37.1 Å². The van der Waals surface area contributed by atoms with Crippen LogP contribution in [0, 0.1) is 0 Å². The summed E-state index contributed by atoms with van der Waals surface area (Å²) in [5.74, 6) is 1.03. The number of benzene rings is 1. The van der Waals surface area contributed by atoms with E-state index in [1.165, 1.54) is 0 Å². The summed E-state index contributed by atoms with van der Waals surface area (Å²) >= 11 is 0. The molecule has 0 aromatic heterocycles. The molecule has 2 N–H and O–H groups in total. The molecule has 1 aliphatic rings. The topological polar surface area (TPSA) is 41.5 Å². The van der Waals surface area contributed by atoms with Gasteiger partial charge in [0.1, 0.15) is 5.75 Å². The molecule has 2 rings (SSSR count). The van der Waals surface area contributed by atoms with Crippen LogP contribution < -0.4 is 10.3 Å². The number of aromatic hydroxyl groups is 1. The molecule has 0 radical (unpaired) electrons. The van der Waals surface area contributed by atoms with Gasteiger partial charge in [0.05, 0.1) is 5.70 Å². The lowest BCUT2D eigenvalue weighted by atomic mass is 10.0. The largest absolute Gasteiger partial charge is 0.508 e. The van der Waals surface area contributed by atoms with Crippen molar-refractivity contribution in [1.29, 1.82) is 0 Å². The minimum absolute atomic E-state index is 0.268. The predicted octanol–water partition coefficient (Wildman–Crippen LogP) is 2.43. The third-order valence-corrected chi connectivity index (χ3v) is 2.46. The van der Waals surface area contributed by atoms with E-state index >= 15 is 0 Å². The SMILES string of the molecule is CCC1=C(C)c2cc(O)ccc2ON1. The molecule has 3 nitrogen and oxygen atoms in total. The first-order valence-electron chi connectivity index (χ1n) is 4.68. The molecule has 1 aliphatic heterocycles. The Morgan fingerprint density at radius 2 is 2.21 bits per heavy atom. The standard InChI is InChI=1S/C11H13NO2/c1-3-10-7(2)9-6-8(13)4-5-11(9)14-12-10/h4-6,12-13H,3H2,1-2H3. The first-order valence-corrected chi connectivity index (χ1v) is 4.68. The van der Waals surface area contributed by atoms with Crippen molar-refractivity contribution in [3.8, 4) is 11.5 Å². The summed E-state index contributed by atoms with van der Waals surface area (Å²) in [6.07, 6.45) is 0.890. The van der Waals surface area contributed by atoms with Crippen molar-refractivity contribution in [3.63, 3.8) is 0 Å². The highest BCUT2D eigenvalue weighted by Crippen LogP contribution is 2.33. The third kappa shape index (κ3) is 1.31. The maximum absolute atomic E-state index is 9.37. The van der Waals surface area contributed by atoms with Crippen LogP contribution in [0.4, 0.5) is 0 Å². The van der Waals surface area contributed by atoms with Crippen LogP contribution >= 0.6 is 0 Å². The third-order valence-electron chi connectivity index (χ3n) is 2.46. The second kappa shape index (κ2) is 3.25. The minimum Gasteiger partial charge on any atom is -0.508 e. The summed E-state index contributed by atoms with van der Waals surface area (Å²) in [6, 6.07) is 5.10. The van der Waals surface area contributed by atoms with E-state index in [0.717, 1.165) is 29.0 Å². The molecule has 14 heavy (non-hydrogen) atoms. The van der Waals surface area contributed by atoms with Gasteiger partial charge < -0.3 is 9.94 Å². The summed E-state index contributed by atoms with van der Waals surface area (Å²) in [4.78, 5) is 5.33. The minimum atomic E-state index is 0.268. The molecule has 3 heteroatoms. The van der Waals surface area contributed by atoms with Crippen LogP contribution in [0.2, 0.25) is 0 Å². The van der Waals surface area contributed by atoms with Crippen molar-refractivity contribution in [3.05, 3.63) is 29.5 Å². The number of phenols is 1. The molecule has 0 spiro atoms. The molecule has 1 aromatic carbocycles. The lowest BCUT2D eigenvalue weighted by Gasteiger charge is -2.22. The van der Waals surface area contributed by atoms with Crippen LogP contribution in [-0.2, 0) is 0 Å². The molecular weight excluding hydrogens is 178 g/mol. The van der Waals surface area contributed by atoms with E-state index in [4.69, 9.17) is 4.84 Å². The van der Waals surface area contributed by atoms with Gasteiger partial charge in [0.25, 0.3) is 0 Å². The van der Waals surface area contributed by atoms with Gasteiger partial charge in [-0.25, -0.2) is 5.48 Å². The van der Waals surface area contributed by atoms with E-state index in [1.807, 2.05) is 6.92 Å². The Kier molecular flexibility index (Phi) is 2.08. The van der Waals surface area contributed by atoms with Gasteiger partial charge in [0.2, 0.25) is 0 Å². The molecular formula is C11H13NO2. The molecule has 74 valence electrons. The first kappa shape index (κ1) is 8.94. The summed E-state index contributed by atoms with van der Waals surface area (Å²) in [5, 5.41) is 9.37. The van der Waals surface area contributed by atoms with Crippen molar-refractivity contribution in [2.45, 2.75) is 20.3 Å². The predicted molar refractivity (Wildman–Crippen MR) is 54.8 cm³/mol. The Morgan fingerprint density at radius 1 is 1.43 bits per heavy atom. The molecule has 1 aromatic rings. The number of fused-ring (bicyclic) bond motifs is 1. The number of hydrogen-bond acceptors (Lipinski definition) is 3. The Balaban J connectivity index is 2.55. The fourth-order valence-electron chi connectivity index (χ4n) is 1.59. The van der Waals surface area contributed by atoms with Crippen molar-refractivity contribution < 1.29 is 9.94 Å². The lowest BCUT2D eigenvalue weighted by molar-refractivity contribution is 0.220. The van der Waals surface area contributed by atoms with Crippen LogP contribution in [0.1, 0.15) is 25.8 Å². The molecule has 1 heterocycles. The highest BCUT2D eigenvalue weighted by atomic mass is 16.6. The monoisotopic (exact) mass is 191 g/mol. The number of rotatable bonds is 1. The Morgan fingerprint density at radius 3 is 2.93 bits per heavy atom. The van der Waals surface area contributed by atoms with Gasteiger partial charge in [0.15, 0.2) is 5.75 Å². The van der Waals surface area contributed by atoms with Gasteiger partial charge in [-0.15, -0.1) is 0 Å². The highest BCUT2D eigenvalue weighted by Gasteiger charge is 2.16. The van der Waals surface area contributed by atoms with Crippen LogP contribution in [0.25, 0.3) is 5.57 Å². The molecule has 0 unspecified atom stereocenters. The van der Waals surface area contributed by atoms with Crippen molar-refractivity contribution in [1.82, 2.24) is 5.48 Å². The number of hydrogen-bond donors (Lipinski definition) is 2. The normalized spacial score (nSPS) is 14.4. The summed E-state index contributed by atoms with van der Waals surface area (Å²) in [7, 11) is 0. The molecule has 0 saturated carbocycles. The second-order valence-corrected chi connectivity index (χ2v) is 3.34.